The zero-order valence-corrected chi connectivity index (χ0v) is 20.3. The minimum Gasteiger partial charge on any atom is -0.492 e. The van der Waals surface area contributed by atoms with Crippen molar-refractivity contribution >= 4 is 23.4 Å². The minimum atomic E-state index is -0.546. The summed E-state index contributed by atoms with van der Waals surface area (Å²) in [7, 11) is 0. The van der Waals surface area contributed by atoms with E-state index in [1.54, 1.807) is 6.26 Å². The van der Waals surface area contributed by atoms with Crippen molar-refractivity contribution in [3.8, 4) is 17.3 Å². The molecule has 1 amide bonds. The molecule has 0 bridgehead atoms. The van der Waals surface area contributed by atoms with Crippen LogP contribution < -0.4 is 10.1 Å². The van der Waals surface area contributed by atoms with E-state index < -0.39 is 5.25 Å². The fourth-order valence-electron chi connectivity index (χ4n) is 3.55. The van der Waals surface area contributed by atoms with Crippen molar-refractivity contribution in [3.05, 3.63) is 78.6 Å². The summed E-state index contributed by atoms with van der Waals surface area (Å²) in [5.41, 5.74) is 1.51. The number of anilines is 1. The largest absolute Gasteiger partial charge is 0.492 e. The third-order valence-electron chi connectivity index (χ3n) is 5.01. The normalized spacial score (nSPS) is 12.0. The van der Waals surface area contributed by atoms with Gasteiger partial charge in [0.15, 0.2) is 16.7 Å². The highest BCUT2D eigenvalue weighted by Gasteiger charge is 2.27. The summed E-state index contributed by atoms with van der Waals surface area (Å²) in [4.78, 5) is 13.6. The van der Waals surface area contributed by atoms with Crippen molar-refractivity contribution in [2.24, 2.45) is 5.92 Å². The molecule has 0 spiro atoms. The molecule has 1 N–H and O–H groups in total. The average molecular weight is 477 g/mol. The predicted octanol–water partition coefficient (Wildman–Crippen LogP) is 6.06. The second kappa shape index (κ2) is 11.1. The minimum absolute atomic E-state index is 0.165. The van der Waals surface area contributed by atoms with E-state index in [0.717, 1.165) is 5.56 Å². The van der Waals surface area contributed by atoms with Gasteiger partial charge in [-0.2, -0.15) is 0 Å². The van der Waals surface area contributed by atoms with Gasteiger partial charge in [-0.3, -0.25) is 9.36 Å². The summed E-state index contributed by atoms with van der Waals surface area (Å²) < 4.78 is 13.3. The van der Waals surface area contributed by atoms with Crippen LogP contribution in [0.25, 0.3) is 11.6 Å². The van der Waals surface area contributed by atoms with E-state index in [2.05, 4.69) is 29.4 Å². The lowest BCUT2D eigenvalue weighted by atomic mass is 10.1. The van der Waals surface area contributed by atoms with Crippen LogP contribution in [0, 0.1) is 5.92 Å². The maximum atomic E-state index is 13.6. The molecule has 0 aliphatic rings. The molecule has 1 unspecified atom stereocenters. The summed E-state index contributed by atoms with van der Waals surface area (Å²) in [5.74, 6) is 2.12. The Bertz CT molecular complexity index is 1210. The Morgan fingerprint density at radius 1 is 1.06 bits per heavy atom. The second-order valence-electron chi connectivity index (χ2n) is 8.11. The Morgan fingerprint density at radius 2 is 1.82 bits per heavy atom. The molecule has 0 saturated heterocycles. The number of carbonyl (C=O) groups is 1. The van der Waals surface area contributed by atoms with Gasteiger partial charge in [-0.05, 0) is 42.7 Å². The molecule has 176 valence electrons. The lowest BCUT2D eigenvalue weighted by Crippen LogP contribution is -2.20. The summed E-state index contributed by atoms with van der Waals surface area (Å²) in [6.07, 6.45) is 1.62. The van der Waals surface area contributed by atoms with Crippen LogP contribution in [0.2, 0.25) is 0 Å². The topological polar surface area (TPSA) is 82.2 Å². The molecule has 2 heterocycles. The van der Waals surface area contributed by atoms with E-state index in [1.165, 1.54) is 11.8 Å². The second-order valence-corrected chi connectivity index (χ2v) is 9.19. The molecule has 0 aliphatic carbocycles. The lowest BCUT2D eigenvalue weighted by molar-refractivity contribution is -0.115. The highest BCUT2D eigenvalue weighted by Crippen LogP contribution is 2.38. The first-order chi connectivity index (χ1) is 16.6. The number of carbonyl (C=O) groups excluding carboxylic acids is 1. The first kappa shape index (κ1) is 23.6. The maximum absolute atomic E-state index is 13.6. The van der Waals surface area contributed by atoms with Crippen molar-refractivity contribution < 1.29 is 13.9 Å². The van der Waals surface area contributed by atoms with Gasteiger partial charge in [-0.1, -0.05) is 68.1 Å². The van der Waals surface area contributed by atoms with E-state index in [0.29, 0.717) is 47.2 Å². The third-order valence-corrected chi connectivity index (χ3v) is 6.25. The molecule has 1 atom stereocenters. The molecule has 8 heteroatoms. The molecule has 4 aromatic rings. The van der Waals surface area contributed by atoms with Gasteiger partial charge in [-0.25, -0.2) is 0 Å². The first-order valence-corrected chi connectivity index (χ1v) is 12.2. The zero-order valence-electron chi connectivity index (χ0n) is 19.5. The Labute approximate surface area is 203 Å². The number of hydrogen-bond acceptors (Lipinski definition) is 6. The Kier molecular flexibility index (Phi) is 7.69. The van der Waals surface area contributed by atoms with Crippen molar-refractivity contribution in [3.63, 3.8) is 0 Å². The summed E-state index contributed by atoms with van der Waals surface area (Å²) in [6.45, 7) is 7.39. The smallest absolute Gasteiger partial charge is 0.242 e. The number of para-hydroxylation sites is 2. The van der Waals surface area contributed by atoms with Crippen LogP contribution in [-0.2, 0) is 11.3 Å². The van der Waals surface area contributed by atoms with Crippen LogP contribution in [0.15, 0.2) is 82.6 Å². The quantitative estimate of drug-likeness (QED) is 0.280. The van der Waals surface area contributed by atoms with E-state index in [9.17, 15) is 4.79 Å². The van der Waals surface area contributed by atoms with Gasteiger partial charge in [0.2, 0.25) is 5.91 Å². The number of amides is 1. The molecular formula is C26H28N4O3S. The molecule has 0 radical (unpaired) electrons. The van der Waals surface area contributed by atoms with Crippen LogP contribution in [-0.4, -0.2) is 27.3 Å². The van der Waals surface area contributed by atoms with Crippen LogP contribution in [0.5, 0.6) is 5.75 Å². The molecule has 0 fully saturated rings. The lowest BCUT2D eigenvalue weighted by Gasteiger charge is -2.19. The molecule has 4 rings (SSSR count). The van der Waals surface area contributed by atoms with Crippen LogP contribution in [0.1, 0.15) is 31.6 Å². The van der Waals surface area contributed by atoms with Gasteiger partial charge in [-0.15, -0.1) is 10.2 Å². The van der Waals surface area contributed by atoms with Crippen molar-refractivity contribution in [1.82, 2.24) is 14.8 Å². The number of hydrogen-bond donors (Lipinski definition) is 1. The molecule has 2 aromatic heterocycles. The Morgan fingerprint density at radius 3 is 2.53 bits per heavy atom. The number of nitrogens with zero attached hydrogens (tertiary/aromatic N) is 3. The number of thioether (sulfide) groups is 1. The monoisotopic (exact) mass is 476 g/mol. The van der Waals surface area contributed by atoms with Crippen LogP contribution >= 0.6 is 11.8 Å². The molecule has 34 heavy (non-hydrogen) atoms. The maximum Gasteiger partial charge on any atom is 0.242 e. The van der Waals surface area contributed by atoms with Crippen molar-refractivity contribution in [1.29, 1.82) is 0 Å². The van der Waals surface area contributed by atoms with Gasteiger partial charge < -0.3 is 14.5 Å². The first-order valence-electron chi connectivity index (χ1n) is 11.3. The van der Waals surface area contributed by atoms with Crippen LogP contribution in [0.3, 0.4) is 0 Å². The number of ether oxygens (including phenoxy) is 1. The van der Waals surface area contributed by atoms with Gasteiger partial charge >= 0.3 is 0 Å². The summed E-state index contributed by atoms with van der Waals surface area (Å²) in [5, 5.41) is 12.0. The van der Waals surface area contributed by atoms with Gasteiger partial charge in [0, 0.05) is 6.54 Å². The molecular weight excluding hydrogens is 448 g/mol. The number of furan rings is 1. The highest BCUT2D eigenvalue weighted by atomic mass is 32.2. The van der Waals surface area contributed by atoms with Gasteiger partial charge in [0.1, 0.15) is 11.0 Å². The van der Waals surface area contributed by atoms with E-state index in [-0.39, 0.29) is 5.91 Å². The number of aromatic nitrogens is 3. The van der Waals surface area contributed by atoms with Crippen molar-refractivity contribution in [2.45, 2.75) is 37.7 Å². The third kappa shape index (κ3) is 5.51. The molecule has 2 aromatic carbocycles. The molecule has 7 nitrogen and oxygen atoms in total. The Hall–Kier alpha value is -3.52. The number of nitrogens with one attached hydrogen (secondary N) is 1. The van der Waals surface area contributed by atoms with Gasteiger partial charge in [0.25, 0.3) is 0 Å². The number of rotatable bonds is 10. The zero-order chi connectivity index (χ0) is 23.9. The van der Waals surface area contributed by atoms with Gasteiger partial charge in [0.05, 0.1) is 18.6 Å². The van der Waals surface area contributed by atoms with E-state index >= 15 is 0 Å². The average Bonchev–Trinajstić information content (AvgIpc) is 3.49. The summed E-state index contributed by atoms with van der Waals surface area (Å²) in [6, 6.07) is 20.8. The number of benzene rings is 2. The molecule has 0 saturated carbocycles. The highest BCUT2D eigenvalue weighted by molar-refractivity contribution is 8.00. The van der Waals surface area contributed by atoms with Crippen molar-refractivity contribution in [2.75, 3.05) is 11.9 Å². The predicted molar refractivity (Wildman–Crippen MR) is 134 cm³/mol. The molecule has 0 aliphatic heterocycles. The van der Waals surface area contributed by atoms with E-state index in [4.69, 9.17) is 9.15 Å². The fourth-order valence-corrected chi connectivity index (χ4v) is 4.60. The van der Waals surface area contributed by atoms with Crippen LogP contribution in [0.4, 0.5) is 5.69 Å². The van der Waals surface area contributed by atoms with E-state index in [1.807, 2.05) is 78.2 Å². The summed E-state index contributed by atoms with van der Waals surface area (Å²) >= 11 is 1.37. The Balaban J connectivity index is 1.68. The SMILES string of the molecule is CCOc1ccccc1NC(=O)C(Sc1nnc(-c2ccco2)n1CC(C)C)c1ccccc1. The fraction of sp³-hybridized carbons (Fsp3) is 0.269. The standard InChI is InChI=1S/C26H28N4O3S/c1-4-32-21-14-9-8-13-20(21)27-25(31)23(19-11-6-5-7-12-19)34-26-29-28-24(22-15-10-16-33-22)30(26)17-18(2)3/h5-16,18,23H,4,17H2,1-3H3,(H,27,31).